The summed E-state index contributed by atoms with van der Waals surface area (Å²) >= 11 is 0. The normalized spacial score (nSPS) is 20.8. The van der Waals surface area contributed by atoms with E-state index in [0.717, 1.165) is 6.42 Å². The molecule has 0 amide bonds. The fourth-order valence-corrected chi connectivity index (χ4v) is 2.63. The molecule has 0 aliphatic heterocycles. The van der Waals surface area contributed by atoms with Gasteiger partial charge in [0.1, 0.15) is 5.56 Å². The largest absolute Gasteiger partial charge is 0.422 e. The highest BCUT2D eigenvalue weighted by atomic mass is 19.4. The summed E-state index contributed by atoms with van der Waals surface area (Å²) < 4.78 is 38.6. The molecule has 1 aromatic heterocycles. The molecule has 0 bridgehead atoms. The van der Waals surface area contributed by atoms with E-state index in [4.69, 9.17) is 0 Å². The number of fused-ring (bicyclic) bond motifs is 1. The van der Waals surface area contributed by atoms with E-state index in [1.54, 1.807) is 0 Å². The second kappa shape index (κ2) is 4.40. The Hall–Kier alpha value is -1.33. The average molecular weight is 260 g/mol. The highest BCUT2D eigenvalue weighted by molar-refractivity contribution is 5.36. The van der Waals surface area contributed by atoms with Crippen LogP contribution < -0.4 is 5.56 Å². The van der Waals surface area contributed by atoms with Crippen molar-refractivity contribution in [3.63, 3.8) is 0 Å². The molecule has 18 heavy (non-hydrogen) atoms. The molecule has 1 aliphatic rings. The van der Waals surface area contributed by atoms with Gasteiger partial charge in [-0.25, -0.2) is 5.10 Å². The molecule has 0 saturated carbocycles. The van der Waals surface area contributed by atoms with Crippen LogP contribution in [0.2, 0.25) is 0 Å². The van der Waals surface area contributed by atoms with Crippen LogP contribution in [0.5, 0.6) is 0 Å². The maximum Gasteiger partial charge on any atom is 0.422 e. The van der Waals surface area contributed by atoms with E-state index in [-0.39, 0.29) is 23.8 Å². The Morgan fingerprint density at radius 2 is 2.17 bits per heavy atom. The Morgan fingerprint density at radius 3 is 2.72 bits per heavy atom. The summed E-state index contributed by atoms with van der Waals surface area (Å²) in [5.74, 6) is 0.286. The van der Waals surface area contributed by atoms with E-state index in [1.165, 1.54) is 0 Å². The van der Waals surface area contributed by atoms with Crippen LogP contribution in [0.15, 0.2) is 4.79 Å². The second-order valence-electron chi connectivity index (χ2n) is 4.82. The van der Waals surface area contributed by atoms with Crippen molar-refractivity contribution in [3.8, 4) is 0 Å². The SMILES string of the molecule is CC[C@@H](C)C1CCc2c1n[nH]c(=O)c2C(F)(F)F. The zero-order valence-corrected chi connectivity index (χ0v) is 10.3. The van der Waals surface area contributed by atoms with Gasteiger partial charge in [0.2, 0.25) is 0 Å². The lowest BCUT2D eigenvalue weighted by Crippen LogP contribution is -2.26. The first kappa shape index (κ1) is 13.1. The lowest BCUT2D eigenvalue weighted by atomic mass is 9.90. The predicted molar refractivity (Wildman–Crippen MR) is 60.4 cm³/mol. The van der Waals surface area contributed by atoms with E-state index >= 15 is 0 Å². The van der Waals surface area contributed by atoms with Crippen LogP contribution in [-0.2, 0) is 12.6 Å². The Morgan fingerprint density at radius 1 is 1.50 bits per heavy atom. The molecule has 1 heterocycles. The number of nitrogens with one attached hydrogen (secondary N) is 1. The Balaban J connectivity index is 2.55. The summed E-state index contributed by atoms with van der Waals surface area (Å²) in [6.07, 6.45) is -2.80. The predicted octanol–water partition coefficient (Wildman–Crippen LogP) is 2.86. The minimum atomic E-state index is -4.61. The number of hydrogen-bond donors (Lipinski definition) is 1. The third kappa shape index (κ3) is 2.04. The fraction of sp³-hybridized carbons (Fsp3) is 0.667. The standard InChI is InChI=1S/C12H15F3N2O/c1-3-6(2)7-4-5-8-9(12(13,14)15)11(18)17-16-10(7)8/h6-7H,3-5H2,1-2H3,(H,17,18)/t6-,7?/m1/s1. The molecule has 0 radical (unpaired) electrons. The number of rotatable bonds is 2. The van der Waals surface area contributed by atoms with E-state index in [9.17, 15) is 18.0 Å². The highest BCUT2D eigenvalue weighted by Gasteiger charge is 2.41. The van der Waals surface area contributed by atoms with E-state index in [0.29, 0.717) is 12.1 Å². The first-order valence-electron chi connectivity index (χ1n) is 6.04. The van der Waals surface area contributed by atoms with Gasteiger partial charge in [0.15, 0.2) is 0 Å². The van der Waals surface area contributed by atoms with E-state index < -0.39 is 17.3 Å². The van der Waals surface area contributed by atoms with Crippen molar-refractivity contribution in [1.82, 2.24) is 10.2 Å². The topological polar surface area (TPSA) is 45.8 Å². The molecule has 0 spiro atoms. The number of aromatic amines is 1. The highest BCUT2D eigenvalue weighted by Crippen LogP contribution is 2.41. The Kier molecular flexibility index (Phi) is 3.21. The van der Waals surface area contributed by atoms with Crippen LogP contribution in [0.1, 0.15) is 49.4 Å². The molecule has 6 heteroatoms. The molecule has 1 N–H and O–H groups in total. The average Bonchev–Trinajstić information content (AvgIpc) is 2.69. The minimum absolute atomic E-state index is 0.0166. The first-order valence-corrected chi connectivity index (χ1v) is 6.04. The number of halogens is 3. The van der Waals surface area contributed by atoms with Crippen molar-refractivity contribution in [1.29, 1.82) is 0 Å². The van der Waals surface area contributed by atoms with E-state index in [1.807, 2.05) is 18.9 Å². The van der Waals surface area contributed by atoms with Crippen LogP contribution >= 0.6 is 0 Å². The van der Waals surface area contributed by atoms with Gasteiger partial charge in [-0.1, -0.05) is 20.3 Å². The summed E-state index contributed by atoms with van der Waals surface area (Å²) in [5.41, 5.74) is -1.67. The molecule has 100 valence electrons. The van der Waals surface area contributed by atoms with Crippen molar-refractivity contribution < 1.29 is 13.2 Å². The molecule has 1 aromatic rings. The van der Waals surface area contributed by atoms with Gasteiger partial charge in [0.25, 0.3) is 5.56 Å². The monoisotopic (exact) mass is 260 g/mol. The lowest BCUT2D eigenvalue weighted by Gasteiger charge is -2.17. The smallest absolute Gasteiger partial charge is 0.267 e. The zero-order valence-electron chi connectivity index (χ0n) is 10.3. The summed E-state index contributed by atoms with van der Waals surface area (Å²) in [6.45, 7) is 4.00. The number of aromatic nitrogens is 2. The van der Waals surface area contributed by atoms with Gasteiger partial charge in [-0.2, -0.15) is 18.3 Å². The van der Waals surface area contributed by atoms with Crippen molar-refractivity contribution in [2.75, 3.05) is 0 Å². The number of nitrogens with zero attached hydrogens (tertiary/aromatic N) is 1. The molecule has 2 atom stereocenters. The van der Waals surface area contributed by atoms with Gasteiger partial charge in [-0.15, -0.1) is 0 Å². The first-order chi connectivity index (χ1) is 8.36. The van der Waals surface area contributed by atoms with Crippen LogP contribution in [0, 0.1) is 5.92 Å². The lowest BCUT2D eigenvalue weighted by molar-refractivity contribution is -0.139. The third-order valence-electron chi connectivity index (χ3n) is 3.79. The second-order valence-corrected chi connectivity index (χ2v) is 4.82. The van der Waals surface area contributed by atoms with Crippen LogP contribution in [-0.4, -0.2) is 10.2 Å². The maximum atomic E-state index is 12.9. The Labute approximate surface area is 102 Å². The molecule has 0 aromatic carbocycles. The molecule has 1 unspecified atom stereocenters. The van der Waals surface area contributed by atoms with Gasteiger partial charge in [0, 0.05) is 5.92 Å². The van der Waals surface area contributed by atoms with Crippen molar-refractivity contribution in [3.05, 3.63) is 27.2 Å². The minimum Gasteiger partial charge on any atom is -0.267 e. The summed E-state index contributed by atoms with van der Waals surface area (Å²) in [6, 6.07) is 0. The fourth-order valence-electron chi connectivity index (χ4n) is 2.63. The third-order valence-corrected chi connectivity index (χ3v) is 3.79. The van der Waals surface area contributed by atoms with Gasteiger partial charge in [0.05, 0.1) is 5.69 Å². The zero-order chi connectivity index (χ0) is 13.5. The Bertz CT molecular complexity index is 507. The summed E-state index contributed by atoms with van der Waals surface area (Å²) in [7, 11) is 0. The van der Waals surface area contributed by atoms with Crippen LogP contribution in [0.4, 0.5) is 13.2 Å². The summed E-state index contributed by atoms with van der Waals surface area (Å²) in [5, 5.41) is 5.84. The van der Waals surface area contributed by atoms with Gasteiger partial charge >= 0.3 is 6.18 Å². The molecular weight excluding hydrogens is 245 g/mol. The molecule has 1 aliphatic carbocycles. The quantitative estimate of drug-likeness (QED) is 0.888. The number of H-pyrrole nitrogens is 1. The number of hydrogen-bond acceptors (Lipinski definition) is 2. The van der Waals surface area contributed by atoms with Gasteiger partial charge in [-0.3, -0.25) is 4.79 Å². The molecule has 0 fully saturated rings. The van der Waals surface area contributed by atoms with Crippen molar-refractivity contribution in [2.45, 2.75) is 45.2 Å². The van der Waals surface area contributed by atoms with Crippen molar-refractivity contribution >= 4 is 0 Å². The maximum absolute atomic E-state index is 12.9. The molecule has 3 nitrogen and oxygen atoms in total. The van der Waals surface area contributed by atoms with Crippen LogP contribution in [0.25, 0.3) is 0 Å². The molecule has 2 rings (SSSR count). The molecular formula is C12H15F3N2O. The number of alkyl halides is 3. The summed E-state index contributed by atoms with van der Waals surface area (Å²) in [4.78, 5) is 11.3. The van der Waals surface area contributed by atoms with E-state index in [2.05, 4.69) is 5.10 Å². The van der Waals surface area contributed by atoms with Crippen molar-refractivity contribution in [2.24, 2.45) is 5.92 Å². The van der Waals surface area contributed by atoms with Crippen LogP contribution in [0.3, 0.4) is 0 Å². The van der Waals surface area contributed by atoms with Gasteiger partial charge in [-0.05, 0) is 24.3 Å². The van der Waals surface area contributed by atoms with Gasteiger partial charge < -0.3 is 0 Å². The molecule has 0 saturated heterocycles.